The van der Waals surface area contributed by atoms with E-state index in [2.05, 4.69) is 105 Å². The quantitative estimate of drug-likeness (QED) is 0.0246. The van der Waals surface area contributed by atoms with Gasteiger partial charge in [0.05, 0.1) is 25.2 Å². The molecule has 0 aromatic heterocycles. The Bertz CT molecular complexity index is 1270. The minimum absolute atomic E-state index is 0.0155. The van der Waals surface area contributed by atoms with Crippen molar-refractivity contribution < 1.29 is 24.5 Å². The number of ether oxygens (including phenoxy) is 1. The zero-order chi connectivity index (χ0) is 44.5. The van der Waals surface area contributed by atoms with E-state index in [1.54, 1.807) is 0 Å². The third-order valence-electron chi connectivity index (χ3n) is 10.4. The van der Waals surface area contributed by atoms with Crippen molar-refractivity contribution in [3.63, 3.8) is 0 Å². The van der Waals surface area contributed by atoms with Gasteiger partial charge < -0.3 is 20.3 Å². The van der Waals surface area contributed by atoms with E-state index < -0.39 is 18.2 Å². The summed E-state index contributed by atoms with van der Waals surface area (Å²) in [7, 11) is 0. The van der Waals surface area contributed by atoms with Gasteiger partial charge in [0, 0.05) is 6.42 Å². The summed E-state index contributed by atoms with van der Waals surface area (Å²) < 4.78 is 5.87. The Hall–Kier alpha value is -3.48. The molecule has 0 radical (unpaired) electrons. The van der Waals surface area contributed by atoms with Crippen molar-refractivity contribution in [2.45, 2.75) is 219 Å². The van der Waals surface area contributed by atoms with Gasteiger partial charge in [0.2, 0.25) is 5.91 Å². The molecule has 0 saturated heterocycles. The average Bonchev–Trinajstić information content (AvgIpc) is 3.25. The molecule has 0 saturated carbocycles. The Labute approximate surface area is 375 Å². The fraction of sp³-hybridized carbons (Fsp3) is 0.636. The van der Waals surface area contributed by atoms with E-state index >= 15 is 0 Å². The van der Waals surface area contributed by atoms with Gasteiger partial charge in [-0.2, -0.15) is 0 Å². The summed E-state index contributed by atoms with van der Waals surface area (Å²) in [4.78, 5) is 26.1. The van der Waals surface area contributed by atoms with Crippen molar-refractivity contribution in [2.75, 3.05) is 6.61 Å². The lowest BCUT2D eigenvalue weighted by Gasteiger charge is -2.24. The summed E-state index contributed by atoms with van der Waals surface area (Å²) in [5, 5.41) is 23.7. The topological polar surface area (TPSA) is 95.9 Å². The van der Waals surface area contributed by atoms with Gasteiger partial charge in [-0.05, 0) is 83.5 Å². The van der Waals surface area contributed by atoms with E-state index in [1.807, 2.05) is 30.4 Å². The molecule has 3 unspecified atom stereocenters. The van der Waals surface area contributed by atoms with Gasteiger partial charge in [-0.3, -0.25) is 9.59 Å². The summed E-state index contributed by atoms with van der Waals surface area (Å²) in [6.45, 7) is 6.18. The first kappa shape index (κ1) is 57.5. The third-order valence-corrected chi connectivity index (χ3v) is 10.4. The minimum Gasteiger partial charge on any atom is -0.462 e. The fourth-order valence-corrected chi connectivity index (χ4v) is 6.77. The molecule has 0 aliphatic heterocycles. The van der Waals surface area contributed by atoms with Crippen LogP contribution in [0.25, 0.3) is 0 Å². The van der Waals surface area contributed by atoms with Crippen LogP contribution in [0.4, 0.5) is 0 Å². The number of amides is 1. The zero-order valence-electron chi connectivity index (χ0n) is 39.2. The molecular weight excluding hydrogens is 755 g/mol. The lowest BCUT2D eigenvalue weighted by Crippen LogP contribution is -2.46. The first-order valence-electron chi connectivity index (χ1n) is 24.7. The van der Waals surface area contributed by atoms with Gasteiger partial charge in [0.25, 0.3) is 0 Å². The summed E-state index contributed by atoms with van der Waals surface area (Å²) in [6, 6.07) is -0.734. The number of esters is 1. The number of carbonyl (C=O) groups excluding carboxylic acids is 2. The number of aliphatic hydroxyl groups excluding tert-OH is 2. The lowest BCUT2D eigenvalue weighted by molar-refractivity contribution is -0.151. The summed E-state index contributed by atoms with van der Waals surface area (Å²) >= 11 is 0. The number of rotatable bonds is 42. The normalized spacial score (nSPS) is 14.2. The van der Waals surface area contributed by atoms with Gasteiger partial charge in [-0.25, -0.2) is 0 Å². The van der Waals surface area contributed by atoms with Crippen molar-refractivity contribution in [3.8, 4) is 0 Å². The Morgan fingerprint density at radius 1 is 0.508 bits per heavy atom. The SMILES string of the molecule is CC/C=C\C/C=C\C/C=C\C/C=C\C/C=C\CCCC(CC(=O)NC(CO)C(O)CCCCCCCCCCCCCC)OC(=O)CCCCC\C=C/C=C\C=C\C=C\CC. The molecule has 0 aromatic carbocycles. The van der Waals surface area contributed by atoms with Gasteiger partial charge >= 0.3 is 5.97 Å². The van der Waals surface area contributed by atoms with E-state index in [1.165, 1.54) is 57.8 Å². The van der Waals surface area contributed by atoms with Crippen molar-refractivity contribution in [2.24, 2.45) is 0 Å². The molecular formula is C55H91NO5. The van der Waals surface area contributed by atoms with Crippen LogP contribution in [0.2, 0.25) is 0 Å². The molecule has 0 rings (SSSR count). The second-order valence-electron chi connectivity index (χ2n) is 16.2. The van der Waals surface area contributed by atoms with Crippen LogP contribution in [0.15, 0.2) is 109 Å². The Balaban J connectivity index is 4.80. The van der Waals surface area contributed by atoms with E-state index in [9.17, 15) is 19.8 Å². The van der Waals surface area contributed by atoms with Crippen LogP contribution in [0.1, 0.15) is 201 Å². The number of hydrogen-bond donors (Lipinski definition) is 3. The molecule has 346 valence electrons. The van der Waals surface area contributed by atoms with E-state index in [0.29, 0.717) is 19.3 Å². The number of nitrogens with one attached hydrogen (secondary N) is 1. The molecule has 0 spiro atoms. The Morgan fingerprint density at radius 2 is 0.984 bits per heavy atom. The molecule has 0 aromatic rings. The summed E-state index contributed by atoms with van der Waals surface area (Å²) in [5.41, 5.74) is 0. The highest BCUT2D eigenvalue weighted by Gasteiger charge is 2.24. The predicted molar refractivity (Wildman–Crippen MR) is 263 cm³/mol. The highest BCUT2D eigenvalue weighted by Crippen LogP contribution is 2.16. The summed E-state index contributed by atoms with van der Waals surface area (Å²) in [6.07, 6.45) is 64.3. The standard InChI is InChI=1S/C55H91NO5/c1-4-7-10-13-16-19-22-25-26-27-28-30-31-34-37-40-43-46-51(61-55(60)48-45-42-39-36-33-29-23-20-17-14-11-8-5-2)49-54(59)56-52(50-57)53(58)47-44-41-38-35-32-24-21-18-15-12-9-6-3/h7-8,10-11,14,16-17,19-20,23,25-26,28-30,33-34,37,51-53,57-58H,4-6,9,12-13,15,18,21-22,24,27,31-32,35-36,38-50H2,1-3H3,(H,56,59)/b10-7-,11-8+,17-14+,19-16-,23-20-,26-25-,30-28-,33-29-,37-34-. The highest BCUT2D eigenvalue weighted by atomic mass is 16.5. The zero-order valence-corrected chi connectivity index (χ0v) is 39.2. The third kappa shape index (κ3) is 43.0. The molecule has 61 heavy (non-hydrogen) atoms. The van der Waals surface area contributed by atoms with Gasteiger partial charge in [0.15, 0.2) is 0 Å². The molecule has 0 aliphatic rings. The van der Waals surface area contributed by atoms with Gasteiger partial charge in [-0.15, -0.1) is 0 Å². The highest BCUT2D eigenvalue weighted by molar-refractivity contribution is 5.77. The minimum atomic E-state index is -0.816. The van der Waals surface area contributed by atoms with E-state index in [0.717, 1.165) is 96.3 Å². The second kappa shape index (κ2) is 47.6. The Morgan fingerprint density at radius 3 is 1.54 bits per heavy atom. The molecule has 0 fully saturated rings. The second-order valence-corrected chi connectivity index (χ2v) is 16.2. The van der Waals surface area contributed by atoms with Crippen LogP contribution >= 0.6 is 0 Å². The molecule has 3 N–H and O–H groups in total. The maximum Gasteiger partial charge on any atom is 0.306 e. The molecule has 1 amide bonds. The van der Waals surface area contributed by atoms with Crippen LogP contribution in [0, 0.1) is 0 Å². The van der Waals surface area contributed by atoms with Gasteiger partial charge in [0.1, 0.15) is 6.10 Å². The van der Waals surface area contributed by atoms with E-state index in [-0.39, 0.29) is 24.9 Å². The first-order chi connectivity index (χ1) is 30.0. The number of hydrogen-bond acceptors (Lipinski definition) is 5. The largest absolute Gasteiger partial charge is 0.462 e. The van der Waals surface area contributed by atoms with Crippen molar-refractivity contribution in [1.29, 1.82) is 0 Å². The lowest BCUT2D eigenvalue weighted by atomic mass is 10.0. The van der Waals surface area contributed by atoms with Crippen LogP contribution in [-0.4, -0.2) is 46.9 Å². The van der Waals surface area contributed by atoms with Crippen LogP contribution in [0.3, 0.4) is 0 Å². The Kier molecular flexibility index (Phi) is 44.9. The maximum atomic E-state index is 13.2. The molecule has 3 atom stereocenters. The van der Waals surface area contributed by atoms with E-state index in [4.69, 9.17) is 4.74 Å². The predicted octanol–water partition coefficient (Wildman–Crippen LogP) is 14.7. The van der Waals surface area contributed by atoms with Crippen LogP contribution in [0.5, 0.6) is 0 Å². The van der Waals surface area contributed by atoms with Crippen molar-refractivity contribution in [1.82, 2.24) is 5.32 Å². The van der Waals surface area contributed by atoms with Crippen LogP contribution in [-0.2, 0) is 14.3 Å². The number of unbranched alkanes of at least 4 members (excludes halogenated alkanes) is 15. The van der Waals surface area contributed by atoms with Crippen molar-refractivity contribution in [3.05, 3.63) is 109 Å². The number of allylic oxidation sites excluding steroid dienone is 18. The van der Waals surface area contributed by atoms with Crippen LogP contribution < -0.4 is 5.32 Å². The fourth-order valence-electron chi connectivity index (χ4n) is 6.77. The van der Waals surface area contributed by atoms with Crippen molar-refractivity contribution >= 4 is 11.9 Å². The number of aliphatic hydroxyl groups is 2. The first-order valence-corrected chi connectivity index (χ1v) is 24.7. The molecule has 0 aliphatic carbocycles. The molecule has 6 nitrogen and oxygen atoms in total. The summed E-state index contributed by atoms with van der Waals surface area (Å²) in [5.74, 6) is -0.588. The molecule has 6 heteroatoms. The van der Waals surface area contributed by atoms with Gasteiger partial charge in [-0.1, -0.05) is 214 Å². The monoisotopic (exact) mass is 846 g/mol. The molecule has 0 heterocycles. The number of carbonyl (C=O) groups is 2. The average molecular weight is 846 g/mol. The molecule has 0 bridgehead atoms. The maximum absolute atomic E-state index is 13.2. The smallest absolute Gasteiger partial charge is 0.306 e.